The number of anilines is 1. The number of amides is 1. The van der Waals surface area contributed by atoms with Gasteiger partial charge in [-0.2, -0.15) is 0 Å². The Balaban J connectivity index is 1.69. The van der Waals surface area contributed by atoms with Crippen molar-refractivity contribution < 1.29 is 28.6 Å². The largest absolute Gasteiger partial charge is 0.504 e. The van der Waals surface area contributed by atoms with Crippen molar-refractivity contribution in [3.05, 3.63) is 95.0 Å². The number of aromatic nitrogens is 1. The van der Waals surface area contributed by atoms with Gasteiger partial charge in [-0.05, 0) is 48.4 Å². The molecule has 2 N–H and O–H groups in total. The van der Waals surface area contributed by atoms with Crippen LogP contribution < -0.4 is 10.1 Å². The molecule has 0 atom stereocenters. The van der Waals surface area contributed by atoms with E-state index < -0.39 is 17.7 Å². The van der Waals surface area contributed by atoms with Gasteiger partial charge >= 0.3 is 5.97 Å². The summed E-state index contributed by atoms with van der Waals surface area (Å²) in [4.78, 5) is 25.6. The molecular formula is C28H24ClFN2O5. The molecule has 0 aliphatic carbocycles. The predicted octanol–water partition coefficient (Wildman–Crippen LogP) is 6.01. The van der Waals surface area contributed by atoms with E-state index in [-0.39, 0.29) is 40.9 Å². The highest BCUT2D eigenvalue weighted by molar-refractivity contribution is 6.31. The van der Waals surface area contributed by atoms with Crippen LogP contribution in [0.4, 0.5) is 10.1 Å². The average Bonchev–Trinajstić information content (AvgIpc) is 3.21. The second-order valence-electron chi connectivity index (χ2n) is 8.00. The Labute approximate surface area is 218 Å². The number of halogens is 2. The summed E-state index contributed by atoms with van der Waals surface area (Å²) in [6, 6.07) is 19.5. The van der Waals surface area contributed by atoms with Gasteiger partial charge in [0.2, 0.25) is 5.91 Å². The third-order valence-corrected chi connectivity index (χ3v) is 5.94. The van der Waals surface area contributed by atoms with Gasteiger partial charge in [0.1, 0.15) is 11.0 Å². The van der Waals surface area contributed by atoms with Crippen molar-refractivity contribution in [2.75, 3.05) is 19.0 Å². The first-order valence-electron chi connectivity index (χ1n) is 11.4. The van der Waals surface area contributed by atoms with Gasteiger partial charge < -0.3 is 19.9 Å². The van der Waals surface area contributed by atoms with Gasteiger partial charge in [-0.3, -0.25) is 9.36 Å². The molecule has 1 heterocycles. The lowest BCUT2D eigenvalue weighted by Crippen LogP contribution is -2.19. The normalized spacial score (nSPS) is 10.7. The third kappa shape index (κ3) is 5.44. The first-order chi connectivity index (χ1) is 17.8. The Morgan fingerprint density at radius 2 is 1.78 bits per heavy atom. The van der Waals surface area contributed by atoms with Gasteiger partial charge in [-0.15, -0.1) is 0 Å². The molecule has 0 radical (unpaired) electrons. The number of benzene rings is 3. The second kappa shape index (κ2) is 11.2. The molecule has 4 aromatic rings. The van der Waals surface area contributed by atoms with Crippen molar-refractivity contribution in [2.24, 2.45) is 0 Å². The van der Waals surface area contributed by atoms with Crippen LogP contribution in [0.2, 0.25) is 5.15 Å². The molecular weight excluding hydrogens is 499 g/mol. The van der Waals surface area contributed by atoms with E-state index in [1.165, 1.54) is 35.9 Å². The maximum absolute atomic E-state index is 14.0. The van der Waals surface area contributed by atoms with E-state index in [9.17, 15) is 19.1 Å². The minimum atomic E-state index is -0.690. The number of aromatic hydroxyl groups is 1. The first-order valence-corrected chi connectivity index (χ1v) is 11.8. The minimum absolute atomic E-state index is 0.00353. The summed E-state index contributed by atoms with van der Waals surface area (Å²) in [5, 5.41) is 13.3. The summed E-state index contributed by atoms with van der Waals surface area (Å²) in [7, 11) is 1.47. The highest BCUT2D eigenvalue weighted by atomic mass is 35.5. The van der Waals surface area contributed by atoms with Crippen LogP contribution in [0.5, 0.6) is 11.5 Å². The van der Waals surface area contributed by atoms with Crippen molar-refractivity contribution in [3.8, 4) is 28.3 Å². The molecule has 7 nitrogen and oxygen atoms in total. The van der Waals surface area contributed by atoms with Crippen molar-refractivity contribution in [2.45, 2.75) is 13.3 Å². The smallest absolute Gasteiger partial charge is 0.357 e. The van der Waals surface area contributed by atoms with E-state index in [2.05, 4.69) is 5.32 Å². The molecule has 4 rings (SSSR count). The van der Waals surface area contributed by atoms with Crippen molar-refractivity contribution in [1.82, 2.24) is 4.57 Å². The molecule has 0 spiro atoms. The van der Waals surface area contributed by atoms with Crippen LogP contribution in [0.15, 0.2) is 72.8 Å². The number of phenols is 1. The zero-order valence-electron chi connectivity index (χ0n) is 20.1. The number of hydrogen-bond acceptors (Lipinski definition) is 5. The lowest BCUT2D eigenvalue weighted by molar-refractivity contribution is -0.115. The number of phenolic OH excluding ortho intramolecular Hbond substituents is 1. The molecule has 0 saturated heterocycles. The molecule has 1 aromatic heterocycles. The van der Waals surface area contributed by atoms with Crippen LogP contribution in [0.25, 0.3) is 16.8 Å². The molecule has 3 aromatic carbocycles. The third-order valence-electron chi connectivity index (χ3n) is 5.66. The van der Waals surface area contributed by atoms with Crippen molar-refractivity contribution in [3.63, 3.8) is 0 Å². The van der Waals surface area contributed by atoms with Gasteiger partial charge in [0.05, 0.1) is 25.8 Å². The SMILES string of the molecule is CCOC(=O)c1c(NC(=O)Cc2ccccc2F)cc(Cl)n1-c1ccc(-c2cccc(OC)c2O)cc1. The summed E-state index contributed by atoms with van der Waals surface area (Å²) in [5.74, 6) is -1.36. The molecule has 1 amide bonds. The number of carbonyl (C=O) groups excluding carboxylic acids is 2. The number of ether oxygens (including phenoxy) is 2. The fourth-order valence-corrected chi connectivity index (χ4v) is 4.24. The maximum Gasteiger partial charge on any atom is 0.357 e. The van der Waals surface area contributed by atoms with E-state index in [1.54, 1.807) is 55.5 Å². The Kier molecular flexibility index (Phi) is 7.79. The molecule has 0 bridgehead atoms. The highest BCUT2D eigenvalue weighted by Gasteiger charge is 2.25. The molecule has 37 heavy (non-hydrogen) atoms. The Hall–Kier alpha value is -4.30. The second-order valence-corrected chi connectivity index (χ2v) is 8.39. The van der Waals surface area contributed by atoms with E-state index in [0.717, 1.165) is 0 Å². The molecule has 0 saturated carbocycles. The lowest BCUT2D eigenvalue weighted by atomic mass is 10.0. The van der Waals surface area contributed by atoms with Gasteiger partial charge in [0.25, 0.3) is 0 Å². The molecule has 0 unspecified atom stereocenters. The van der Waals surface area contributed by atoms with Gasteiger partial charge in [-0.25, -0.2) is 9.18 Å². The molecule has 190 valence electrons. The van der Waals surface area contributed by atoms with Crippen LogP contribution in [0.1, 0.15) is 23.0 Å². The van der Waals surface area contributed by atoms with E-state index in [0.29, 0.717) is 22.6 Å². The van der Waals surface area contributed by atoms with Gasteiger partial charge in [0.15, 0.2) is 17.2 Å². The average molecular weight is 523 g/mol. The maximum atomic E-state index is 14.0. The van der Waals surface area contributed by atoms with Crippen LogP contribution in [0.3, 0.4) is 0 Å². The van der Waals surface area contributed by atoms with Crippen LogP contribution in [0, 0.1) is 5.82 Å². The standard InChI is InChI=1S/C28H24ClFN2O5/c1-3-37-28(35)26-22(31-25(33)15-18-7-4-5-9-21(18)30)16-24(29)32(26)19-13-11-17(12-14-19)20-8-6-10-23(36-2)27(20)34/h4-14,16,34H,3,15H2,1-2H3,(H,31,33). The molecule has 0 aliphatic rings. The van der Waals surface area contributed by atoms with Crippen LogP contribution in [-0.2, 0) is 16.0 Å². The van der Waals surface area contributed by atoms with Crippen molar-refractivity contribution in [1.29, 1.82) is 0 Å². The number of methoxy groups -OCH3 is 1. The summed E-state index contributed by atoms with van der Waals surface area (Å²) < 4.78 is 25.9. The number of nitrogens with one attached hydrogen (secondary N) is 1. The number of nitrogens with zero attached hydrogens (tertiary/aromatic N) is 1. The number of carbonyl (C=O) groups is 2. The summed E-state index contributed by atoms with van der Waals surface area (Å²) in [5.41, 5.74) is 2.18. The highest BCUT2D eigenvalue weighted by Crippen LogP contribution is 2.37. The van der Waals surface area contributed by atoms with E-state index >= 15 is 0 Å². The van der Waals surface area contributed by atoms with Crippen molar-refractivity contribution >= 4 is 29.2 Å². The zero-order chi connectivity index (χ0) is 26.5. The monoisotopic (exact) mass is 522 g/mol. The molecule has 9 heteroatoms. The predicted molar refractivity (Wildman–Crippen MR) is 139 cm³/mol. The minimum Gasteiger partial charge on any atom is -0.504 e. The number of esters is 1. The topological polar surface area (TPSA) is 89.8 Å². The fraction of sp³-hybridized carbons (Fsp3) is 0.143. The Morgan fingerprint density at radius 1 is 1.05 bits per heavy atom. The zero-order valence-corrected chi connectivity index (χ0v) is 20.9. The molecule has 0 aliphatic heterocycles. The van der Waals surface area contributed by atoms with Crippen LogP contribution in [-0.4, -0.2) is 35.3 Å². The van der Waals surface area contributed by atoms with Gasteiger partial charge in [-0.1, -0.05) is 54.1 Å². The first kappa shape index (κ1) is 25.8. The summed E-state index contributed by atoms with van der Waals surface area (Å²) in [6.07, 6.45) is -0.226. The number of hydrogen-bond donors (Lipinski definition) is 2. The van der Waals surface area contributed by atoms with Crippen LogP contribution >= 0.6 is 11.6 Å². The quantitative estimate of drug-likeness (QED) is 0.277. The van der Waals surface area contributed by atoms with E-state index in [4.69, 9.17) is 21.1 Å². The molecule has 0 fully saturated rings. The van der Waals surface area contributed by atoms with E-state index in [1.807, 2.05) is 0 Å². The fourth-order valence-electron chi connectivity index (χ4n) is 3.95. The summed E-state index contributed by atoms with van der Waals surface area (Å²) >= 11 is 6.51. The number of para-hydroxylation sites is 1. The lowest BCUT2D eigenvalue weighted by Gasteiger charge is -2.14. The summed E-state index contributed by atoms with van der Waals surface area (Å²) in [6.45, 7) is 1.77. The Bertz CT molecular complexity index is 1450. The Morgan fingerprint density at radius 3 is 2.46 bits per heavy atom. The van der Waals surface area contributed by atoms with Gasteiger partial charge in [0, 0.05) is 11.3 Å². The number of rotatable bonds is 8.